The minimum Gasteiger partial charge on any atom is -0.375 e. The van der Waals surface area contributed by atoms with E-state index in [2.05, 4.69) is 11.9 Å². The summed E-state index contributed by atoms with van der Waals surface area (Å²) in [6, 6.07) is 0.695. The molecule has 2 aliphatic carbocycles. The van der Waals surface area contributed by atoms with Gasteiger partial charge in [-0.05, 0) is 19.3 Å². The Bertz CT molecular complexity index is 251. The summed E-state index contributed by atoms with van der Waals surface area (Å²) in [5.74, 6) is 0.308. The van der Waals surface area contributed by atoms with Crippen LogP contribution in [-0.4, -0.2) is 23.8 Å². The number of hydrogen-bond donors (Lipinski definition) is 0. The first-order valence-electron chi connectivity index (χ1n) is 5.73. The first-order valence-corrected chi connectivity index (χ1v) is 5.73. The van der Waals surface area contributed by atoms with Gasteiger partial charge in [0.25, 0.3) is 0 Å². The Labute approximate surface area is 86.0 Å². The zero-order valence-corrected chi connectivity index (χ0v) is 8.96. The van der Waals surface area contributed by atoms with Gasteiger partial charge in [-0.1, -0.05) is 19.3 Å². The lowest BCUT2D eigenvalue weighted by Crippen LogP contribution is -2.32. The van der Waals surface area contributed by atoms with E-state index in [9.17, 15) is 4.79 Å². The molecular weight excluding hydrogens is 174 g/mol. The third-order valence-corrected chi connectivity index (χ3v) is 3.53. The average Bonchev–Trinajstić information content (AvgIpc) is 2.65. The molecule has 2 rings (SSSR count). The van der Waals surface area contributed by atoms with E-state index < -0.39 is 0 Å². The van der Waals surface area contributed by atoms with Gasteiger partial charge in [0.1, 0.15) is 0 Å². The van der Waals surface area contributed by atoms with Crippen molar-refractivity contribution in [3.05, 3.63) is 11.8 Å². The number of carbonyl (C=O) groups is 1. The van der Waals surface area contributed by atoms with Crippen LogP contribution in [0.25, 0.3) is 0 Å². The van der Waals surface area contributed by atoms with Gasteiger partial charge in [-0.25, -0.2) is 0 Å². The second-order valence-corrected chi connectivity index (χ2v) is 4.50. The fourth-order valence-electron chi connectivity index (χ4n) is 2.56. The largest absolute Gasteiger partial charge is 0.375 e. The number of allylic oxidation sites excluding steroid dienone is 2. The van der Waals surface area contributed by atoms with Gasteiger partial charge in [0, 0.05) is 31.3 Å². The number of hydrogen-bond acceptors (Lipinski definition) is 2. The molecule has 0 amide bonds. The number of rotatable bonds is 2. The normalized spacial score (nSPS) is 23.8. The summed E-state index contributed by atoms with van der Waals surface area (Å²) in [7, 11) is 2.15. The van der Waals surface area contributed by atoms with Crippen LogP contribution in [0, 0.1) is 0 Å². The van der Waals surface area contributed by atoms with Gasteiger partial charge in [-0.15, -0.1) is 0 Å². The second kappa shape index (κ2) is 4.16. The molecule has 0 aromatic rings. The van der Waals surface area contributed by atoms with Crippen LogP contribution in [-0.2, 0) is 4.79 Å². The van der Waals surface area contributed by atoms with Crippen molar-refractivity contribution < 1.29 is 4.79 Å². The second-order valence-electron chi connectivity index (χ2n) is 4.50. The van der Waals surface area contributed by atoms with Crippen LogP contribution in [0.2, 0.25) is 0 Å². The van der Waals surface area contributed by atoms with E-state index >= 15 is 0 Å². The molecule has 0 aliphatic heterocycles. The standard InChI is InChI=1S/C12H19NO/c1-13(10-5-3-2-4-6-10)11-7-8-12(14)9-11/h9-10H,2-8H2,1H3. The first kappa shape index (κ1) is 9.75. The smallest absolute Gasteiger partial charge is 0.157 e. The Balaban J connectivity index is 1.96. The number of nitrogens with zero attached hydrogens (tertiary/aromatic N) is 1. The fourth-order valence-corrected chi connectivity index (χ4v) is 2.56. The molecule has 2 aliphatic rings. The molecule has 1 fully saturated rings. The summed E-state index contributed by atoms with van der Waals surface area (Å²) in [5.41, 5.74) is 1.27. The van der Waals surface area contributed by atoms with Gasteiger partial charge in [-0.2, -0.15) is 0 Å². The maximum Gasteiger partial charge on any atom is 0.157 e. The van der Waals surface area contributed by atoms with Crippen LogP contribution in [0.5, 0.6) is 0 Å². The van der Waals surface area contributed by atoms with E-state index in [0.29, 0.717) is 11.8 Å². The van der Waals surface area contributed by atoms with Gasteiger partial charge in [-0.3, -0.25) is 4.79 Å². The van der Waals surface area contributed by atoms with E-state index in [4.69, 9.17) is 0 Å². The van der Waals surface area contributed by atoms with Crippen LogP contribution in [0.4, 0.5) is 0 Å². The van der Waals surface area contributed by atoms with Crippen LogP contribution >= 0.6 is 0 Å². The molecule has 0 spiro atoms. The maximum atomic E-state index is 11.1. The summed E-state index contributed by atoms with van der Waals surface area (Å²) in [6.45, 7) is 0. The van der Waals surface area contributed by atoms with E-state index in [0.717, 1.165) is 12.8 Å². The van der Waals surface area contributed by atoms with Crippen molar-refractivity contribution in [2.45, 2.75) is 51.0 Å². The summed E-state index contributed by atoms with van der Waals surface area (Å²) < 4.78 is 0. The van der Waals surface area contributed by atoms with Crippen molar-refractivity contribution in [1.82, 2.24) is 4.90 Å². The monoisotopic (exact) mass is 193 g/mol. The minimum absolute atomic E-state index is 0.308. The SMILES string of the molecule is CN(C1=CC(=O)CC1)C1CCCCC1. The molecule has 1 saturated carbocycles. The van der Waals surface area contributed by atoms with Gasteiger partial charge in [0.2, 0.25) is 0 Å². The third-order valence-electron chi connectivity index (χ3n) is 3.53. The Morgan fingerprint density at radius 2 is 1.93 bits per heavy atom. The summed E-state index contributed by atoms with van der Waals surface area (Å²) in [4.78, 5) is 13.5. The highest BCUT2D eigenvalue weighted by molar-refractivity contribution is 5.92. The molecule has 0 radical (unpaired) electrons. The minimum atomic E-state index is 0.308. The molecular formula is C12H19NO. The van der Waals surface area contributed by atoms with Crippen molar-refractivity contribution in [3.8, 4) is 0 Å². The zero-order valence-electron chi connectivity index (χ0n) is 8.96. The molecule has 2 heteroatoms. The quantitative estimate of drug-likeness (QED) is 0.671. The van der Waals surface area contributed by atoms with Gasteiger partial charge < -0.3 is 4.90 Å². The Morgan fingerprint density at radius 3 is 2.50 bits per heavy atom. The van der Waals surface area contributed by atoms with Gasteiger partial charge >= 0.3 is 0 Å². The molecule has 0 aromatic carbocycles. The van der Waals surface area contributed by atoms with Crippen molar-refractivity contribution in [1.29, 1.82) is 0 Å². The summed E-state index contributed by atoms with van der Waals surface area (Å²) >= 11 is 0. The van der Waals surface area contributed by atoms with Gasteiger partial charge in [0.05, 0.1) is 0 Å². The van der Waals surface area contributed by atoms with E-state index in [1.807, 2.05) is 6.08 Å². The van der Waals surface area contributed by atoms with Crippen molar-refractivity contribution in [2.24, 2.45) is 0 Å². The molecule has 0 saturated heterocycles. The molecule has 78 valence electrons. The number of carbonyl (C=O) groups excluding carboxylic acids is 1. The van der Waals surface area contributed by atoms with Crippen LogP contribution in [0.15, 0.2) is 11.8 Å². The van der Waals surface area contributed by atoms with Crippen molar-refractivity contribution in [2.75, 3.05) is 7.05 Å². The lowest BCUT2D eigenvalue weighted by Gasteiger charge is -2.33. The highest BCUT2D eigenvalue weighted by Crippen LogP contribution is 2.27. The molecule has 0 aromatic heterocycles. The molecule has 2 nitrogen and oxygen atoms in total. The average molecular weight is 193 g/mol. The van der Waals surface area contributed by atoms with E-state index in [1.54, 1.807) is 0 Å². The Morgan fingerprint density at radius 1 is 1.21 bits per heavy atom. The molecule has 0 atom stereocenters. The predicted molar refractivity (Wildman–Crippen MR) is 57.0 cm³/mol. The highest BCUT2D eigenvalue weighted by atomic mass is 16.1. The lowest BCUT2D eigenvalue weighted by atomic mass is 9.94. The van der Waals surface area contributed by atoms with E-state index in [-0.39, 0.29) is 0 Å². The molecule has 0 unspecified atom stereocenters. The molecule has 0 bridgehead atoms. The van der Waals surface area contributed by atoms with E-state index in [1.165, 1.54) is 37.8 Å². The lowest BCUT2D eigenvalue weighted by molar-refractivity contribution is -0.114. The van der Waals surface area contributed by atoms with Gasteiger partial charge in [0.15, 0.2) is 5.78 Å². The Kier molecular flexibility index (Phi) is 2.90. The van der Waals surface area contributed by atoms with Crippen LogP contribution in [0.1, 0.15) is 44.9 Å². The fraction of sp³-hybridized carbons (Fsp3) is 0.750. The molecule has 14 heavy (non-hydrogen) atoms. The molecule has 0 N–H and O–H groups in total. The summed E-state index contributed by atoms with van der Waals surface area (Å²) in [5, 5.41) is 0. The summed E-state index contributed by atoms with van der Waals surface area (Å²) in [6.07, 6.45) is 10.3. The van der Waals surface area contributed by atoms with Crippen LogP contribution < -0.4 is 0 Å². The van der Waals surface area contributed by atoms with Crippen LogP contribution in [0.3, 0.4) is 0 Å². The first-order chi connectivity index (χ1) is 6.77. The van der Waals surface area contributed by atoms with Crippen molar-refractivity contribution >= 4 is 5.78 Å². The Hall–Kier alpha value is -0.790. The van der Waals surface area contributed by atoms with Crippen molar-refractivity contribution in [3.63, 3.8) is 0 Å². The topological polar surface area (TPSA) is 20.3 Å². The number of ketones is 1. The highest BCUT2D eigenvalue weighted by Gasteiger charge is 2.22. The third kappa shape index (κ3) is 1.99. The predicted octanol–water partition coefficient (Wildman–Crippen LogP) is 2.50. The maximum absolute atomic E-state index is 11.1. The zero-order chi connectivity index (χ0) is 9.97. The molecule has 0 heterocycles.